The third kappa shape index (κ3) is 5.98. The first-order chi connectivity index (χ1) is 19.7. The third-order valence-electron chi connectivity index (χ3n) is 8.62. The number of phenolic OH excluding ortho intramolecular Hbond substituents is 1. The van der Waals surface area contributed by atoms with Crippen LogP contribution in [0.25, 0.3) is 0 Å². The molecule has 3 aromatic carbocycles. The van der Waals surface area contributed by atoms with Crippen LogP contribution in [0.4, 0.5) is 0 Å². The average Bonchev–Trinajstić information content (AvgIpc) is 3.60. The van der Waals surface area contributed by atoms with Gasteiger partial charge in [-0.2, -0.15) is 0 Å². The highest BCUT2D eigenvalue weighted by atomic mass is 16.3. The number of aromatic hydroxyl groups is 1. The largest absolute Gasteiger partial charge is 0.508 e. The van der Waals surface area contributed by atoms with Crippen LogP contribution >= 0.6 is 0 Å². The number of aliphatic hydroxyl groups is 1. The molecule has 3 aromatic rings. The number of carbonyl (C=O) groups is 3. The molecule has 5 atom stereocenters. The van der Waals surface area contributed by atoms with Gasteiger partial charge in [0.15, 0.2) is 6.10 Å². The fourth-order valence-electron chi connectivity index (χ4n) is 6.29. The molecule has 3 amide bonds. The number of hydrogen-bond donors (Lipinski definition) is 4. The van der Waals surface area contributed by atoms with Gasteiger partial charge in [-0.05, 0) is 74.3 Å². The van der Waals surface area contributed by atoms with Gasteiger partial charge in [0.05, 0.1) is 6.04 Å². The van der Waals surface area contributed by atoms with Crippen molar-refractivity contribution in [2.45, 2.75) is 70.3 Å². The summed E-state index contributed by atoms with van der Waals surface area (Å²) < 4.78 is 0. The zero-order valence-electron chi connectivity index (χ0n) is 23.4. The van der Waals surface area contributed by atoms with Crippen molar-refractivity contribution in [3.8, 4) is 5.75 Å². The van der Waals surface area contributed by atoms with Crippen LogP contribution in [-0.2, 0) is 22.6 Å². The molecule has 1 aliphatic heterocycles. The molecule has 8 heteroatoms. The molecule has 0 radical (unpaired) electrons. The summed E-state index contributed by atoms with van der Waals surface area (Å²) in [6.45, 7) is 3.99. The summed E-state index contributed by atoms with van der Waals surface area (Å²) in [4.78, 5) is 42.3. The van der Waals surface area contributed by atoms with Crippen molar-refractivity contribution in [3.05, 3.63) is 101 Å². The van der Waals surface area contributed by atoms with Gasteiger partial charge < -0.3 is 25.7 Å². The summed E-state index contributed by atoms with van der Waals surface area (Å²) in [5.74, 6) is -1.25. The summed E-state index contributed by atoms with van der Waals surface area (Å²) in [7, 11) is 0. The lowest BCUT2D eigenvalue weighted by Crippen LogP contribution is -2.59. The Hall–Kier alpha value is -4.17. The molecule has 41 heavy (non-hydrogen) atoms. The first-order valence-corrected chi connectivity index (χ1v) is 14.2. The van der Waals surface area contributed by atoms with Crippen LogP contribution in [0.1, 0.15) is 51.9 Å². The number of piperidine rings is 1. The van der Waals surface area contributed by atoms with Crippen molar-refractivity contribution in [1.82, 2.24) is 15.5 Å². The summed E-state index contributed by atoms with van der Waals surface area (Å²) in [6.07, 6.45) is 1.00. The molecule has 0 spiro atoms. The van der Waals surface area contributed by atoms with Crippen LogP contribution in [0.2, 0.25) is 0 Å². The van der Waals surface area contributed by atoms with E-state index in [9.17, 15) is 24.6 Å². The molecule has 2 bridgehead atoms. The Morgan fingerprint density at radius 1 is 0.951 bits per heavy atom. The van der Waals surface area contributed by atoms with Crippen LogP contribution in [-0.4, -0.2) is 57.1 Å². The number of nitrogens with zero attached hydrogens (tertiary/aromatic N) is 1. The summed E-state index contributed by atoms with van der Waals surface area (Å²) in [5.41, 5.74) is 3.59. The van der Waals surface area contributed by atoms with Gasteiger partial charge in [-0.25, -0.2) is 0 Å². The van der Waals surface area contributed by atoms with Gasteiger partial charge in [0.25, 0.3) is 11.8 Å². The van der Waals surface area contributed by atoms with Crippen molar-refractivity contribution >= 4 is 17.7 Å². The van der Waals surface area contributed by atoms with Gasteiger partial charge in [0, 0.05) is 23.7 Å². The predicted molar refractivity (Wildman–Crippen MR) is 155 cm³/mol. The summed E-state index contributed by atoms with van der Waals surface area (Å²) in [5, 5.41) is 27.5. The second-order valence-electron chi connectivity index (χ2n) is 11.2. The monoisotopic (exact) mass is 555 g/mol. The van der Waals surface area contributed by atoms with Gasteiger partial charge in [0.2, 0.25) is 5.91 Å². The lowest BCUT2D eigenvalue weighted by molar-refractivity contribution is -0.150. The van der Waals surface area contributed by atoms with Crippen LogP contribution in [0.3, 0.4) is 0 Å². The number of phenols is 1. The minimum Gasteiger partial charge on any atom is -0.508 e. The molecule has 1 saturated heterocycles. The van der Waals surface area contributed by atoms with Crippen molar-refractivity contribution in [2.75, 3.05) is 0 Å². The highest BCUT2D eigenvalue weighted by Crippen LogP contribution is 2.43. The smallest absolute Gasteiger partial charge is 0.254 e. The maximum absolute atomic E-state index is 14.0. The van der Waals surface area contributed by atoms with Crippen LogP contribution in [0, 0.1) is 19.8 Å². The number of likely N-dealkylation sites (tertiary alicyclic amines) is 1. The van der Waals surface area contributed by atoms with E-state index < -0.39 is 30.0 Å². The molecule has 3 unspecified atom stereocenters. The number of aryl methyl sites for hydroxylation is 1. The first-order valence-electron chi connectivity index (χ1n) is 14.2. The molecule has 2 aliphatic rings. The maximum Gasteiger partial charge on any atom is 0.254 e. The van der Waals surface area contributed by atoms with Crippen molar-refractivity contribution in [2.24, 2.45) is 5.92 Å². The van der Waals surface area contributed by atoms with Crippen molar-refractivity contribution in [1.29, 1.82) is 0 Å². The minimum atomic E-state index is -1.57. The number of hydrogen-bond acceptors (Lipinski definition) is 5. The molecule has 1 aliphatic carbocycles. The number of carbonyl (C=O) groups excluding carboxylic acids is 3. The fourth-order valence-corrected chi connectivity index (χ4v) is 6.29. The maximum atomic E-state index is 14.0. The van der Waals surface area contributed by atoms with E-state index in [1.807, 2.05) is 61.5 Å². The number of fused-ring (bicyclic) bond motifs is 2. The number of aliphatic hydroxyl groups excluding tert-OH is 1. The highest BCUT2D eigenvalue weighted by molar-refractivity contribution is 5.97. The lowest BCUT2D eigenvalue weighted by Gasteiger charge is -2.37. The Kier molecular flexibility index (Phi) is 8.40. The SMILES string of the molecule is Cc1ccccc1CNC(=O)C1C2CCC(C2)N1C(=O)[C@@H](O)[C@H](Cc1ccccc1)NC(=O)c1cccc(O)c1C. The highest BCUT2D eigenvalue weighted by Gasteiger charge is 2.52. The molecule has 5 rings (SSSR count). The standard InChI is InChI=1S/C33H37N3O5/c1-20-9-6-7-12-24(20)19-34-32(40)29-23-15-16-25(18-23)36(29)33(41)30(38)27(17-22-10-4-3-5-11-22)35-31(39)26-13-8-14-28(37)21(26)2/h3-14,23,25,27,29-30,37-38H,15-19H2,1-2H3,(H,34,40)(H,35,39)/t23?,25?,27-,29?,30-/m0/s1. The number of nitrogens with one attached hydrogen (secondary N) is 2. The molecular weight excluding hydrogens is 518 g/mol. The lowest BCUT2D eigenvalue weighted by atomic mass is 9.95. The van der Waals surface area contributed by atoms with Gasteiger partial charge in [-0.3, -0.25) is 14.4 Å². The minimum absolute atomic E-state index is 0.0125. The van der Waals surface area contributed by atoms with E-state index in [0.717, 1.165) is 36.0 Å². The van der Waals surface area contributed by atoms with Crippen LogP contribution in [0.15, 0.2) is 72.8 Å². The quantitative estimate of drug-likeness (QED) is 0.323. The number of rotatable bonds is 9. The molecule has 8 nitrogen and oxygen atoms in total. The molecule has 2 fully saturated rings. The zero-order chi connectivity index (χ0) is 29.1. The van der Waals surface area contributed by atoms with Crippen LogP contribution < -0.4 is 10.6 Å². The van der Waals surface area contributed by atoms with E-state index >= 15 is 0 Å². The summed E-state index contributed by atoms with van der Waals surface area (Å²) in [6, 6.07) is 20.1. The van der Waals surface area contributed by atoms with E-state index in [1.165, 1.54) is 6.07 Å². The molecule has 1 heterocycles. The van der Waals surface area contributed by atoms with Gasteiger partial charge in [-0.15, -0.1) is 0 Å². The predicted octanol–water partition coefficient (Wildman–Crippen LogP) is 3.41. The second-order valence-corrected chi connectivity index (χ2v) is 11.2. The number of benzene rings is 3. The summed E-state index contributed by atoms with van der Waals surface area (Å²) >= 11 is 0. The normalized spacial score (nSPS) is 20.9. The van der Waals surface area contributed by atoms with Gasteiger partial charge in [-0.1, -0.05) is 60.7 Å². The molecule has 214 valence electrons. The molecule has 1 saturated carbocycles. The van der Waals surface area contributed by atoms with Crippen molar-refractivity contribution in [3.63, 3.8) is 0 Å². The van der Waals surface area contributed by atoms with Gasteiger partial charge in [0.1, 0.15) is 11.8 Å². The third-order valence-corrected chi connectivity index (χ3v) is 8.62. The van der Waals surface area contributed by atoms with Crippen molar-refractivity contribution < 1.29 is 24.6 Å². The second kappa shape index (κ2) is 12.1. The number of amides is 3. The Bertz CT molecular complexity index is 1430. The first kappa shape index (κ1) is 28.4. The van der Waals surface area contributed by atoms with E-state index in [-0.39, 0.29) is 35.6 Å². The van der Waals surface area contributed by atoms with Gasteiger partial charge >= 0.3 is 0 Å². The molecular formula is C33H37N3O5. The Balaban J connectivity index is 1.36. The Morgan fingerprint density at radius 2 is 1.68 bits per heavy atom. The van der Waals surface area contributed by atoms with Crippen LogP contribution in [0.5, 0.6) is 5.75 Å². The molecule has 4 N–H and O–H groups in total. The Labute approximate surface area is 240 Å². The topological polar surface area (TPSA) is 119 Å². The zero-order valence-corrected chi connectivity index (χ0v) is 23.4. The Morgan fingerprint density at radius 3 is 2.44 bits per heavy atom. The van der Waals surface area contributed by atoms with E-state index in [4.69, 9.17) is 0 Å². The fraction of sp³-hybridized carbons (Fsp3) is 0.364. The van der Waals surface area contributed by atoms with E-state index in [0.29, 0.717) is 12.1 Å². The van der Waals surface area contributed by atoms with E-state index in [2.05, 4.69) is 10.6 Å². The average molecular weight is 556 g/mol. The van der Waals surface area contributed by atoms with E-state index in [1.54, 1.807) is 24.0 Å². The molecule has 0 aromatic heterocycles.